The number of aliphatic hydroxyl groups is 3. The molecule has 0 saturated heterocycles. The zero-order chi connectivity index (χ0) is 21.6. The maximum absolute atomic E-state index is 16.9. The Morgan fingerprint density at radius 2 is 1.97 bits per heavy atom. The highest BCUT2D eigenvalue weighted by Crippen LogP contribution is 2.70. The van der Waals surface area contributed by atoms with E-state index in [2.05, 4.69) is 0 Å². The van der Waals surface area contributed by atoms with Gasteiger partial charge in [0.1, 0.15) is 11.7 Å². The van der Waals surface area contributed by atoms with Crippen molar-refractivity contribution in [2.24, 2.45) is 28.6 Å². The number of hydrogen-bond donors (Lipinski definition) is 3. The van der Waals surface area contributed by atoms with Gasteiger partial charge in [0.25, 0.3) is 0 Å². The quantitative estimate of drug-likeness (QED) is 0.654. The summed E-state index contributed by atoms with van der Waals surface area (Å²) in [6.07, 6.45) is 3.08. The van der Waals surface area contributed by atoms with Crippen LogP contribution in [0.1, 0.15) is 53.4 Å². The molecular weight excluding hydrogens is 375 g/mol. The fourth-order valence-electron chi connectivity index (χ4n) is 7.39. The summed E-state index contributed by atoms with van der Waals surface area (Å²) in [6, 6.07) is 0. The molecule has 29 heavy (non-hydrogen) atoms. The van der Waals surface area contributed by atoms with E-state index in [9.17, 15) is 24.9 Å². The van der Waals surface area contributed by atoms with E-state index >= 15 is 4.39 Å². The van der Waals surface area contributed by atoms with Crippen molar-refractivity contribution in [3.05, 3.63) is 23.8 Å². The normalized spacial score (nSPS) is 52.3. The van der Waals surface area contributed by atoms with Crippen LogP contribution in [0, 0.1) is 28.6 Å². The van der Waals surface area contributed by atoms with Crippen molar-refractivity contribution in [1.29, 1.82) is 0 Å². The third-order valence-corrected chi connectivity index (χ3v) is 8.98. The van der Waals surface area contributed by atoms with Crippen LogP contribution in [0.5, 0.6) is 0 Å². The smallest absolute Gasteiger partial charge is 0.193 e. The number of carbonyl (C=O) groups is 2. The van der Waals surface area contributed by atoms with Crippen LogP contribution in [0.15, 0.2) is 23.8 Å². The van der Waals surface area contributed by atoms with E-state index in [1.807, 2.05) is 0 Å². The second kappa shape index (κ2) is 6.08. The highest BCUT2D eigenvalue weighted by molar-refractivity contribution is 6.01. The average molecular weight is 406 g/mol. The molecule has 0 aromatic carbocycles. The van der Waals surface area contributed by atoms with Crippen LogP contribution in [-0.4, -0.2) is 50.4 Å². The van der Waals surface area contributed by atoms with Crippen molar-refractivity contribution in [2.75, 3.05) is 0 Å². The first-order valence-electron chi connectivity index (χ1n) is 10.6. The SMILES string of the molecule is CC(O)C(=O)[C@@]1(O)[C@@H](C)C[C@H]2[C@@H]3CCC4=CC(=O)C=C[C@]4(C)[C@@]3(F)[C@@H](O)C[C@@]21C. The van der Waals surface area contributed by atoms with Gasteiger partial charge >= 0.3 is 0 Å². The van der Waals surface area contributed by atoms with E-state index < -0.39 is 51.9 Å². The summed E-state index contributed by atoms with van der Waals surface area (Å²) in [5.41, 5.74) is -5.23. The minimum absolute atomic E-state index is 0.0748. The molecule has 0 radical (unpaired) electrons. The predicted molar refractivity (Wildman–Crippen MR) is 105 cm³/mol. The molecule has 160 valence electrons. The summed E-state index contributed by atoms with van der Waals surface area (Å²) >= 11 is 0. The van der Waals surface area contributed by atoms with Gasteiger partial charge in [-0.25, -0.2) is 4.39 Å². The molecule has 4 rings (SSSR count). The number of allylic oxidation sites excluding steroid dienone is 4. The number of halogens is 1. The summed E-state index contributed by atoms with van der Waals surface area (Å²) in [4.78, 5) is 24.7. The molecule has 0 aromatic rings. The lowest BCUT2D eigenvalue weighted by Gasteiger charge is -2.62. The Labute approximate surface area is 170 Å². The molecular formula is C23H31FO5. The molecule has 0 amide bonds. The van der Waals surface area contributed by atoms with E-state index in [1.165, 1.54) is 19.1 Å². The fourth-order valence-corrected chi connectivity index (χ4v) is 7.39. The molecule has 3 fully saturated rings. The summed E-state index contributed by atoms with van der Waals surface area (Å²) in [7, 11) is 0. The van der Waals surface area contributed by atoms with Gasteiger partial charge in [0.2, 0.25) is 0 Å². The van der Waals surface area contributed by atoms with E-state index in [1.54, 1.807) is 26.8 Å². The Morgan fingerprint density at radius 3 is 2.59 bits per heavy atom. The lowest BCUT2D eigenvalue weighted by molar-refractivity contribution is -0.220. The van der Waals surface area contributed by atoms with Crippen LogP contribution in [0.25, 0.3) is 0 Å². The largest absolute Gasteiger partial charge is 0.390 e. The van der Waals surface area contributed by atoms with Gasteiger partial charge in [-0.3, -0.25) is 9.59 Å². The van der Waals surface area contributed by atoms with Crippen molar-refractivity contribution in [3.63, 3.8) is 0 Å². The Kier molecular flexibility index (Phi) is 4.38. The molecule has 4 aliphatic carbocycles. The molecule has 0 spiro atoms. The van der Waals surface area contributed by atoms with Gasteiger partial charge in [0, 0.05) is 16.7 Å². The zero-order valence-corrected chi connectivity index (χ0v) is 17.5. The number of ketones is 2. The first-order valence-corrected chi connectivity index (χ1v) is 10.6. The number of carbonyl (C=O) groups excluding carboxylic acids is 2. The fraction of sp³-hybridized carbons (Fsp3) is 0.739. The second-order valence-corrected chi connectivity index (χ2v) is 10.2. The van der Waals surface area contributed by atoms with E-state index in [0.717, 1.165) is 0 Å². The second-order valence-electron chi connectivity index (χ2n) is 10.2. The molecule has 3 N–H and O–H groups in total. The van der Waals surface area contributed by atoms with Gasteiger partial charge in [-0.2, -0.15) is 0 Å². The maximum atomic E-state index is 16.9. The highest BCUT2D eigenvalue weighted by Gasteiger charge is 2.75. The van der Waals surface area contributed by atoms with Gasteiger partial charge in [0.15, 0.2) is 17.2 Å². The predicted octanol–water partition coefficient (Wildman–Crippen LogP) is 2.28. The Hall–Kier alpha value is -1.37. The number of rotatable bonds is 2. The van der Waals surface area contributed by atoms with Crippen molar-refractivity contribution < 1.29 is 29.3 Å². The van der Waals surface area contributed by atoms with Gasteiger partial charge in [0.05, 0.1) is 6.10 Å². The molecule has 9 atom stereocenters. The highest BCUT2D eigenvalue weighted by atomic mass is 19.1. The van der Waals surface area contributed by atoms with Crippen LogP contribution in [0.3, 0.4) is 0 Å². The molecule has 0 bridgehead atoms. The standard InChI is InChI=1S/C23H31FO5/c1-12-9-17-16-6-5-14-10-15(26)7-8-20(14,3)22(16,24)18(27)11-21(17,4)23(12,29)19(28)13(2)25/h7-8,10,12-13,16-18,25,27,29H,5-6,9,11H2,1-4H3/t12-,13?,16-,17-,18-,20-,21-,22-,23-/m0/s1. The molecule has 5 nitrogen and oxygen atoms in total. The van der Waals surface area contributed by atoms with E-state index in [4.69, 9.17) is 0 Å². The molecule has 3 saturated carbocycles. The molecule has 6 heteroatoms. The third-order valence-electron chi connectivity index (χ3n) is 8.98. The Balaban J connectivity index is 1.83. The lowest BCUT2D eigenvalue weighted by atomic mass is 9.44. The Morgan fingerprint density at radius 1 is 1.31 bits per heavy atom. The summed E-state index contributed by atoms with van der Waals surface area (Å²) in [5, 5.41) is 32.7. The van der Waals surface area contributed by atoms with Crippen LogP contribution in [-0.2, 0) is 9.59 Å². The molecule has 0 heterocycles. The molecule has 1 unspecified atom stereocenters. The summed E-state index contributed by atoms with van der Waals surface area (Å²) in [6.45, 7) is 6.61. The van der Waals surface area contributed by atoms with E-state index in [0.29, 0.717) is 24.8 Å². The van der Waals surface area contributed by atoms with Gasteiger partial charge in [-0.05, 0) is 63.5 Å². The molecule has 0 aromatic heterocycles. The van der Waals surface area contributed by atoms with Crippen molar-refractivity contribution >= 4 is 11.6 Å². The minimum Gasteiger partial charge on any atom is -0.390 e. The summed E-state index contributed by atoms with van der Waals surface area (Å²) < 4.78 is 16.9. The molecule has 0 aliphatic heterocycles. The number of aliphatic hydroxyl groups excluding tert-OH is 2. The van der Waals surface area contributed by atoms with Crippen LogP contribution >= 0.6 is 0 Å². The first kappa shape index (κ1) is 20.9. The van der Waals surface area contributed by atoms with Gasteiger partial charge in [-0.15, -0.1) is 0 Å². The first-order chi connectivity index (χ1) is 13.3. The van der Waals surface area contributed by atoms with Crippen molar-refractivity contribution in [2.45, 2.75) is 76.9 Å². The van der Waals surface area contributed by atoms with Crippen molar-refractivity contribution in [1.82, 2.24) is 0 Å². The number of Topliss-reactive ketones (excluding diaryl/α,β-unsaturated/α-hetero) is 1. The average Bonchev–Trinajstić information content (AvgIpc) is 2.84. The number of alkyl halides is 1. The third kappa shape index (κ3) is 2.26. The van der Waals surface area contributed by atoms with Gasteiger partial charge in [-0.1, -0.05) is 25.5 Å². The van der Waals surface area contributed by atoms with Crippen molar-refractivity contribution in [3.8, 4) is 0 Å². The van der Waals surface area contributed by atoms with Crippen LogP contribution < -0.4 is 0 Å². The topological polar surface area (TPSA) is 94.8 Å². The van der Waals surface area contributed by atoms with Crippen LogP contribution in [0.4, 0.5) is 4.39 Å². The lowest BCUT2D eigenvalue weighted by Crippen LogP contribution is -2.69. The molecule has 4 aliphatic rings. The number of hydrogen-bond acceptors (Lipinski definition) is 5. The monoisotopic (exact) mass is 406 g/mol. The van der Waals surface area contributed by atoms with Crippen LogP contribution in [0.2, 0.25) is 0 Å². The van der Waals surface area contributed by atoms with E-state index in [-0.39, 0.29) is 18.1 Å². The van der Waals surface area contributed by atoms with Gasteiger partial charge < -0.3 is 15.3 Å². The minimum atomic E-state index is -1.99. The zero-order valence-electron chi connectivity index (χ0n) is 17.5. The number of fused-ring (bicyclic) bond motifs is 5. The summed E-state index contributed by atoms with van der Waals surface area (Å²) in [5.74, 6) is -2.15. The Bertz CT molecular complexity index is 833. The maximum Gasteiger partial charge on any atom is 0.193 e.